The molecule has 6 heteroatoms. The highest BCUT2D eigenvalue weighted by molar-refractivity contribution is 7.71. The maximum atomic E-state index is 5.38. The van der Waals surface area contributed by atoms with E-state index in [2.05, 4.69) is 15.3 Å². The zero-order valence-corrected chi connectivity index (χ0v) is 13.9. The molecule has 3 rings (SSSR count). The Hall–Kier alpha value is -2.99. The fourth-order valence-electron chi connectivity index (χ4n) is 2.23. The van der Waals surface area contributed by atoms with Crippen molar-refractivity contribution in [2.45, 2.75) is 0 Å². The first-order chi connectivity index (χ1) is 11.8. The number of methoxy groups -OCH3 is 1. The molecule has 1 heterocycles. The van der Waals surface area contributed by atoms with Crippen molar-refractivity contribution in [3.05, 3.63) is 71.0 Å². The van der Waals surface area contributed by atoms with Crippen molar-refractivity contribution in [3.63, 3.8) is 0 Å². The summed E-state index contributed by atoms with van der Waals surface area (Å²) in [6, 6.07) is 17.6. The van der Waals surface area contributed by atoms with Crippen molar-refractivity contribution in [1.82, 2.24) is 14.9 Å². The third kappa shape index (κ3) is 3.49. The van der Waals surface area contributed by atoms with Crippen molar-refractivity contribution in [2.24, 2.45) is 5.10 Å². The van der Waals surface area contributed by atoms with E-state index in [1.807, 2.05) is 66.7 Å². The second-order valence-corrected chi connectivity index (χ2v) is 5.29. The molecule has 0 unspecified atom stereocenters. The highest BCUT2D eigenvalue weighted by Crippen LogP contribution is 2.27. The lowest BCUT2D eigenvalue weighted by molar-refractivity contribution is 0.416. The summed E-state index contributed by atoms with van der Waals surface area (Å²) in [5.41, 5.74) is 1.92. The highest BCUT2D eigenvalue weighted by Gasteiger charge is 2.12. The van der Waals surface area contributed by atoms with E-state index in [1.54, 1.807) is 18.0 Å². The van der Waals surface area contributed by atoms with E-state index in [9.17, 15) is 0 Å². The summed E-state index contributed by atoms with van der Waals surface area (Å²) >= 11 is 5.26. The Morgan fingerprint density at radius 1 is 1.12 bits per heavy atom. The summed E-state index contributed by atoms with van der Waals surface area (Å²) < 4.78 is 7.37. The number of nitrogens with zero attached hydrogens (tertiary/aromatic N) is 3. The maximum absolute atomic E-state index is 5.38. The number of aromatic nitrogens is 3. The lowest BCUT2D eigenvalue weighted by Gasteiger charge is -2.06. The predicted octanol–water partition coefficient (Wildman–Crippen LogP) is 4.16. The summed E-state index contributed by atoms with van der Waals surface area (Å²) in [6.07, 6.45) is 5.50. The molecule has 1 N–H and O–H groups in total. The lowest BCUT2D eigenvalue weighted by Crippen LogP contribution is -1.96. The van der Waals surface area contributed by atoms with E-state index in [0.29, 0.717) is 16.3 Å². The molecular weight excluding hydrogens is 320 g/mol. The second-order valence-electron chi connectivity index (χ2n) is 4.90. The van der Waals surface area contributed by atoms with Crippen LogP contribution in [-0.4, -0.2) is 28.2 Å². The Bertz CT molecular complexity index is 925. The number of para-hydroxylation sites is 1. The van der Waals surface area contributed by atoms with Crippen LogP contribution in [0.5, 0.6) is 5.75 Å². The summed E-state index contributed by atoms with van der Waals surface area (Å²) in [4.78, 5) is 0. The molecule has 0 saturated heterocycles. The van der Waals surface area contributed by atoms with Gasteiger partial charge in [0.05, 0.1) is 12.7 Å². The molecule has 0 aliphatic carbocycles. The first-order valence-electron chi connectivity index (χ1n) is 7.36. The average molecular weight is 336 g/mol. The van der Waals surface area contributed by atoms with Crippen molar-refractivity contribution in [3.8, 4) is 17.1 Å². The predicted molar refractivity (Wildman–Crippen MR) is 98.8 cm³/mol. The molecule has 5 nitrogen and oxygen atoms in total. The molecule has 0 spiro atoms. The van der Waals surface area contributed by atoms with Crippen LogP contribution < -0.4 is 4.74 Å². The zero-order chi connectivity index (χ0) is 16.8. The summed E-state index contributed by atoms with van der Waals surface area (Å²) in [6.45, 7) is 0. The van der Waals surface area contributed by atoms with Crippen molar-refractivity contribution < 1.29 is 4.74 Å². The molecule has 2 aromatic carbocycles. The van der Waals surface area contributed by atoms with Gasteiger partial charge in [-0.2, -0.15) is 14.9 Å². The molecular formula is C18H16N4OS. The van der Waals surface area contributed by atoms with Crippen LogP contribution in [0.3, 0.4) is 0 Å². The van der Waals surface area contributed by atoms with E-state index in [0.717, 1.165) is 11.1 Å². The fourth-order valence-corrected chi connectivity index (χ4v) is 2.41. The Morgan fingerprint density at radius 3 is 2.67 bits per heavy atom. The zero-order valence-electron chi connectivity index (χ0n) is 13.1. The van der Waals surface area contributed by atoms with Crippen molar-refractivity contribution in [2.75, 3.05) is 7.11 Å². The van der Waals surface area contributed by atoms with Gasteiger partial charge in [0, 0.05) is 6.21 Å². The van der Waals surface area contributed by atoms with Crippen LogP contribution in [0.25, 0.3) is 17.5 Å². The van der Waals surface area contributed by atoms with Gasteiger partial charge in [0.15, 0.2) is 5.82 Å². The molecule has 3 aromatic rings. The first kappa shape index (κ1) is 15.9. The topological polar surface area (TPSA) is 55.2 Å². The van der Waals surface area contributed by atoms with Gasteiger partial charge in [-0.3, -0.25) is 0 Å². The van der Waals surface area contributed by atoms with Gasteiger partial charge >= 0.3 is 0 Å². The molecule has 0 aliphatic heterocycles. The smallest absolute Gasteiger partial charge is 0.216 e. The molecule has 0 radical (unpaired) electrons. The van der Waals surface area contributed by atoms with Crippen LogP contribution in [0.4, 0.5) is 0 Å². The first-order valence-corrected chi connectivity index (χ1v) is 7.77. The molecule has 24 heavy (non-hydrogen) atoms. The minimum Gasteiger partial charge on any atom is -0.496 e. The number of allylic oxidation sites excluding steroid dienone is 1. The molecule has 0 aliphatic rings. The number of aromatic amines is 1. The average Bonchev–Trinajstić information content (AvgIpc) is 3.00. The van der Waals surface area contributed by atoms with Gasteiger partial charge in [-0.15, -0.1) is 0 Å². The van der Waals surface area contributed by atoms with Gasteiger partial charge < -0.3 is 4.74 Å². The molecule has 120 valence electrons. The van der Waals surface area contributed by atoms with Crippen molar-refractivity contribution >= 4 is 24.5 Å². The van der Waals surface area contributed by atoms with Gasteiger partial charge in [-0.05, 0) is 36.0 Å². The molecule has 0 amide bonds. The Balaban J connectivity index is 1.90. The largest absolute Gasteiger partial charge is 0.496 e. The number of benzene rings is 2. The third-order valence-electron chi connectivity index (χ3n) is 3.35. The monoisotopic (exact) mass is 336 g/mol. The van der Waals surface area contributed by atoms with Crippen molar-refractivity contribution in [1.29, 1.82) is 0 Å². The van der Waals surface area contributed by atoms with E-state index in [1.165, 1.54) is 0 Å². The van der Waals surface area contributed by atoms with Gasteiger partial charge in [-0.25, -0.2) is 5.10 Å². The maximum Gasteiger partial charge on any atom is 0.216 e. The van der Waals surface area contributed by atoms with Crippen LogP contribution in [0.15, 0.2) is 65.8 Å². The SMILES string of the molecule is COc1ccccc1-c1n[nH]c(=S)n1/N=C/C=C/c1ccccc1. The van der Waals surface area contributed by atoms with E-state index in [4.69, 9.17) is 17.0 Å². The van der Waals surface area contributed by atoms with Crippen LogP contribution in [0.2, 0.25) is 0 Å². The lowest BCUT2D eigenvalue weighted by atomic mass is 10.2. The van der Waals surface area contributed by atoms with Crippen LogP contribution in [0.1, 0.15) is 5.56 Å². The minimum absolute atomic E-state index is 0.417. The Kier molecular flexibility index (Phi) is 4.98. The van der Waals surface area contributed by atoms with Gasteiger partial charge in [0.2, 0.25) is 4.77 Å². The quantitative estimate of drug-likeness (QED) is 0.562. The Morgan fingerprint density at radius 2 is 1.88 bits per heavy atom. The third-order valence-corrected chi connectivity index (χ3v) is 3.62. The fraction of sp³-hybridized carbons (Fsp3) is 0.0556. The normalized spacial score (nSPS) is 11.4. The molecule has 0 saturated carbocycles. The number of ether oxygens (including phenoxy) is 1. The molecule has 0 fully saturated rings. The number of hydrogen-bond acceptors (Lipinski definition) is 4. The number of hydrogen-bond donors (Lipinski definition) is 1. The van der Waals surface area contributed by atoms with Crippen LogP contribution >= 0.6 is 12.2 Å². The standard InChI is InChI=1S/C18H16N4OS/c1-23-16-12-6-5-11-15(16)17-20-21-18(24)22(17)19-13-7-10-14-8-3-2-4-9-14/h2-13H,1H3,(H,21,24)/b10-7+,19-13+. The number of nitrogens with one attached hydrogen (secondary N) is 1. The van der Waals surface area contributed by atoms with Gasteiger partial charge in [0.25, 0.3) is 0 Å². The van der Waals surface area contributed by atoms with Crippen LogP contribution in [0, 0.1) is 4.77 Å². The number of H-pyrrole nitrogens is 1. The second kappa shape index (κ2) is 7.52. The van der Waals surface area contributed by atoms with Gasteiger partial charge in [-0.1, -0.05) is 48.5 Å². The van der Waals surface area contributed by atoms with Crippen LogP contribution in [-0.2, 0) is 0 Å². The highest BCUT2D eigenvalue weighted by atomic mass is 32.1. The Labute approximate surface area is 144 Å². The number of rotatable bonds is 5. The summed E-state index contributed by atoms with van der Waals surface area (Å²) in [5.74, 6) is 1.31. The molecule has 0 atom stereocenters. The van der Waals surface area contributed by atoms with E-state index in [-0.39, 0.29) is 0 Å². The van der Waals surface area contributed by atoms with E-state index >= 15 is 0 Å². The van der Waals surface area contributed by atoms with Gasteiger partial charge in [0.1, 0.15) is 5.75 Å². The summed E-state index contributed by atoms with van der Waals surface area (Å²) in [7, 11) is 1.62. The molecule has 1 aromatic heterocycles. The van der Waals surface area contributed by atoms with E-state index < -0.39 is 0 Å². The molecule has 0 bridgehead atoms. The minimum atomic E-state index is 0.417. The summed E-state index contributed by atoms with van der Waals surface area (Å²) in [5, 5.41) is 11.4.